The van der Waals surface area contributed by atoms with E-state index in [1.165, 1.54) is 43.2 Å². The molecule has 1 atom stereocenters. The quantitative estimate of drug-likeness (QED) is 0.855. The molecule has 2 heterocycles. The number of nitrogens with zero attached hydrogens (tertiary/aromatic N) is 2. The van der Waals surface area contributed by atoms with E-state index in [4.69, 9.17) is 0 Å². The number of aromatic nitrogens is 1. The zero-order valence-electron chi connectivity index (χ0n) is 10.2. The number of anilines is 1. The second-order valence-corrected chi connectivity index (χ2v) is 5.38. The minimum absolute atomic E-state index is 0.878. The molecule has 0 saturated carbocycles. The number of hydrogen-bond donors (Lipinski definition) is 1. The number of nitrogens with one attached hydrogen (secondary N) is 1. The molecule has 0 aliphatic carbocycles. The minimum atomic E-state index is 0.878. The molecule has 3 nitrogen and oxygen atoms in total. The van der Waals surface area contributed by atoms with Crippen molar-refractivity contribution in [2.45, 2.75) is 32.7 Å². The molecule has 4 heteroatoms. The van der Waals surface area contributed by atoms with Crippen LogP contribution >= 0.6 is 11.3 Å². The van der Waals surface area contributed by atoms with E-state index in [9.17, 15) is 0 Å². The maximum atomic E-state index is 4.66. The summed E-state index contributed by atoms with van der Waals surface area (Å²) in [6.07, 6.45) is 4.02. The van der Waals surface area contributed by atoms with Gasteiger partial charge in [0.25, 0.3) is 0 Å². The summed E-state index contributed by atoms with van der Waals surface area (Å²) in [4.78, 5) is 7.11. The van der Waals surface area contributed by atoms with Crippen molar-refractivity contribution in [3.63, 3.8) is 0 Å². The first kappa shape index (κ1) is 11.9. The summed E-state index contributed by atoms with van der Waals surface area (Å²) in [5.41, 5.74) is 1.17. The highest BCUT2D eigenvalue weighted by Crippen LogP contribution is 2.28. The molecule has 0 bridgehead atoms. The van der Waals surface area contributed by atoms with Crippen LogP contribution in [0, 0.1) is 5.92 Å². The van der Waals surface area contributed by atoms with Gasteiger partial charge in [0.15, 0.2) is 5.13 Å². The molecule has 0 aromatic carbocycles. The summed E-state index contributed by atoms with van der Waals surface area (Å²) in [5.74, 6) is 0.890. The van der Waals surface area contributed by atoms with Crippen LogP contribution in [0.2, 0.25) is 0 Å². The molecule has 0 radical (unpaired) electrons. The average Bonchev–Trinajstić information content (AvgIpc) is 2.87. The SMILES string of the molecule is CCCC1CCN(c2nc(CNC)cs2)C1. The molecule has 1 unspecified atom stereocenters. The summed E-state index contributed by atoms with van der Waals surface area (Å²) in [5, 5.41) is 6.52. The van der Waals surface area contributed by atoms with Crippen LogP contribution < -0.4 is 10.2 Å². The molecule has 1 saturated heterocycles. The van der Waals surface area contributed by atoms with Crippen LogP contribution in [0.15, 0.2) is 5.38 Å². The standard InChI is InChI=1S/C12H21N3S/c1-3-4-10-5-6-15(8-10)12-14-11(7-13-2)9-16-12/h9-10,13H,3-8H2,1-2H3. The second kappa shape index (κ2) is 5.64. The molecule has 1 aromatic rings. The van der Waals surface area contributed by atoms with Gasteiger partial charge in [-0.1, -0.05) is 13.3 Å². The zero-order valence-corrected chi connectivity index (χ0v) is 11.0. The van der Waals surface area contributed by atoms with E-state index in [-0.39, 0.29) is 0 Å². The Bertz CT molecular complexity index is 324. The third-order valence-electron chi connectivity index (χ3n) is 3.15. The van der Waals surface area contributed by atoms with Gasteiger partial charge in [-0.3, -0.25) is 0 Å². The van der Waals surface area contributed by atoms with Crippen molar-refractivity contribution in [1.29, 1.82) is 0 Å². The molecule has 1 aliphatic rings. The van der Waals surface area contributed by atoms with Crippen molar-refractivity contribution >= 4 is 16.5 Å². The van der Waals surface area contributed by atoms with Crippen molar-refractivity contribution in [2.24, 2.45) is 5.92 Å². The highest BCUT2D eigenvalue weighted by atomic mass is 32.1. The lowest BCUT2D eigenvalue weighted by Gasteiger charge is -2.14. The van der Waals surface area contributed by atoms with E-state index in [2.05, 4.69) is 27.5 Å². The summed E-state index contributed by atoms with van der Waals surface area (Å²) in [6, 6.07) is 0. The Labute approximate surface area is 102 Å². The molecule has 2 rings (SSSR count). The maximum Gasteiger partial charge on any atom is 0.185 e. The van der Waals surface area contributed by atoms with Crippen LogP contribution in [0.4, 0.5) is 5.13 Å². The number of hydrogen-bond acceptors (Lipinski definition) is 4. The Morgan fingerprint density at radius 1 is 1.62 bits per heavy atom. The van der Waals surface area contributed by atoms with E-state index in [1.807, 2.05) is 7.05 Å². The molecule has 1 aliphatic heterocycles. The van der Waals surface area contributed by atoms with Gasteiger partial charge < -0.3 is 10.2 Å². The Kier molecular flexibility index (Phi) is 4.18. The van der Waals surface area contributed by atoms with Gasteiger partial charge in [-0.25, -0.2) is 4.98 Å². The van der Waals surface area contributed by atoms with Crippen LogP contribution in [0.25, 0.3) is 0 Å². The Hall–Kier alpha value is -0.610. The molecule has 1 N–H and O–H groups in total. The maximum absolute atomic E-state index is 4.66. The fourth-order valence-corrected chi connectivity index (χ4v) is 3.22. The van der Waals surface area contributed by atoms with E-state index in [0.717, 1.165) is 12.5 Å². The van der Waals surface area contributed by atoms with Crippen LogP contribution in [0.5, 0.6) is 0 Å². The summed E-state index contributed by atoms with van der Waals surface area (Å²) in [7, 11) is 1.96. The van der Waals surface area contributed by atoms with Crippen LogP contribution in [-0.2, 0) is 6.54 Å². The molecule has 1 fully saturated rings. The summed E-state index contributed by atoms with van der Waals surface area (Å²) < 4.78 is 0. The molecule has 16 heavy (non-hydrogen) atoms. The molecule has 90 valence electrons. The second-order valence-electron chi connectivity index (χ2n) is 4.54. The van der Waals surface area contributed by atoms with Crippen molar-refractivity contribution in [2.75, 3.05) is 25.0 Å². The minimum Gasteiger partial charge on any atom is -0.348 e. The van der Waals surface area contributed by atoms with Gasteiger partial charge in [0.2, 0.25) is 0 Å². The van der Waals surface area contributed by atoms with Crippen LogP contribution in [0.3, 0.4) is 0 Å². The van der Waals surface area contributed by atoms with Gasteiger partial charge >= 0.3 is 0 Å². The predicted molar refractivity (Wildman–Crippen MR) is 70.1 cm³/mol. The lowest BCUT2D eigenvalue weighted by Crippen LogP contribution is -2.19. The first-order chi connectivity index (χ1) is 7.83. The summed E-state index contributed by atoms with van der Waals surface area (Å²) in [6.45, 7) is 5.55. The Morgan fingerprint density at radius 3 is 3.25 bits per heavy atom. The Morgan fingerprint density at radius 2 is 2.50 bits per heavy atom. The fourth-order valence-electron chi connectivity index (χ4n) is 2.35. The van der Waals surface area contributed by atoms with E-state index >= 15 is 0 Å². The highest BCUT2D eigenvalue weighted by Gasteiger charge is 2.23. The highest BCUT2D eigenvalue weighted by molar-refractivity contribution is 7.13. The first-order valence-electron chi connectivity index (χ1n) is 6.17. The van der Waals surface area contributed by atoms with Gasteiger partial charge in [0, 0.05) is 25.0 Å². The fraction of sp³-hybridized carbons (Fsp3) is 0.750. The molecule has 0 spiro atoms. The smallest absolute Gasteiger partial charge is 0.185 e. The van der Waals surface area contributed by atoms with Gasteiger partial charge in [-0.05, 0) is 25.8 Å². The Balaban J connectivity index is 1.92. The van der Waals surface area contributed by atoms with Crippen molar-refractivity contribution in [1.82, 2.24) is 10.3 Å². The van der Waals surface area contributed by atoms with Gasteiger partial charge in [0.1, 0.15) is 0 Å². The lowest BCUT2D eigenvalue weighted by molar-refractivity contribution is 0.529. The van der Waals surface area contributed by atoms with Crippen LogP contribution in [0.1, 0.15) is 31.9 Å². The van der Waals surface area contributed by atoms with Crippen molar-refractivity contribution in [3.8, 4) is 0 Å². The van der Waals surface area contributed by atoms with Gasteiger partial charge in [-0.2, -0.15) is 0 Å². The third-order valence-corrected chi connectivity index (χ3v) is 4.10. The normalized spacial score (nSPS) is 20.6. The van der Waals surface area contributed by atoms with E-state index in [0.29, 0.717) is 0 Å². The lowest BCUT2D eigenvalue weighted by atomic mass is 10.0. The topological polar surface area (TPSA) is 28.2 Å². The van der Waals surface area contributed by atoms with Crippen LogP contribution in [-0.4, -0.2) is 25.1 Å². The van der Waals surface area contributed by atoms with Crippen molar-refractivity contribution < 1.29 is 0 Å². The van der Waals surface area contributed by atoms with E-state index < -0.39 is 0 Å². The van der Waals surface area contributed by atoms with Crippen molar-refractivity contribution in [3.05, 3.63) is 11.1 Å². The predicted octanol–water partition coefficient (Wildman–Crippen LogP) is 2.49. The molecular weight excluding hydrogens is 218 g/mol. The van der Waals surface area contributed by atoms with E-state index in [1.54, 1.807) is 11.3 Å². The molecular formula is C12H21N3S. The molecule has 1 aromatic heterocycles. The monoisotopic (exact) mass is 239 g/mol. The number of rotatable bonds is 5. The first-order valence-corrected chi connectivity index (χ1v) is 7.05. The average molecular weight is 239 g/mol. The third kappa shape index (κ3) is 2.74. The number of thiazole rings is 1. The largest absolute Gasteiger partial charge is 0.348 e. The summed E-state index contributed by atoms with van der Waals surface area (Å²) >= 11 is 1.78. The zero-order chi connectivity index (χ0) is 11.4. The molecule has 0 amide bonds. The van der Waals surface area contributed by atoms with Gasteiger partial charge in [-0.15, -0.1) is 11.3 Å². The van der Waals surface area contributed by atoms with Gasteiger partial charge in [0.05, 0.1) is 5.69 Å².